The molecule has 8 rings (SSSR count). The quantitative estimate of drug-likeness (QED) is 0.112. The first-order chi connectivity index (χ1) is 26.2. The maximum Gasteiger partial charge on any atom is 0.132 e. The summed E-state index contributed by atoms with van der Waals surface area (Å²) in [6.45, 7) is 1.99. The zero-order chi connectivity index (χ0) is 37.5. The Morgan fingerprint density at radius 1 is 0.500 bits per heavy atom. The molecule has 0 spiro atoms. The van der Waals surface area contributed by atoms with E-state index in [9.17, 15) is 5.11 Å². The highest BCUT2D eigenvalue weighted by atomic mass is 32.1. The van der Waals surface area contributed by atoms with Crippen LogP contribution in [0.1, 0.15) is 43.2 Å². The van der Waals surface area contributed by atoms with E-state index < -0.39 is 23.3 Å². The van der Waals surface area contributed by atoms with E-state index in [0.717, 1.165) is 40.7 Å². The van der Waals surface area contributed by atoms with Crippen molar-refractivity contribution in [1.29, 1.82) is 0 Å². The summed E-state index contributed by atoms with van der Waals surface area (Å²) in [6.07, 6.45) is 2.98. The van der Waals surface area contributed by atoms with Crippen molar-refractivity contribution in [3.63, 3.8) is 0 Å². The first kappa shape index (κ1) is 35.4. The lowest BCUT2D eigenvalue weighted by Gasteiger charge is -2.19. The van der Waals surface area contributed by atoms with Gasteiger partial charge in [-0.2, -0.15) is 0 Å². The molecule has 0 bridgehead atoms. The Kier molecular flexibility index (Phi) is 9.63. The van der Waals surface area contributed by atoms with Crippen LogP contribution in [0.25, 0.3) is 66.8 Å². The van der Waals surface area contributed by atoms with Crippen LogP contribution >= 0.6 is 12.6 Å². The maximum absolute atomic E-state index is 16.3. The lowest BCUT2D eigenvalue weighted by Crippen LogP contribution is -1.99. The fraction of sp³-hybridized carbons (Fsp3) is 0.125. The third-order valence-corrected chi connectivity index (χ3v) is 10.7. The minimum atomic E-state index is -0.567. The smallest absolute Gasteiger partial charge is 0.132 e. The number of halogens is 4. The van der Waals surface area contributed by atoms with Crippen LogP contribution < -0.4 is 0 Å². The number of phenolic OH excluding ortho intramolecular Hbond substituents is 1. The summed E-state index contributed by atoms with van der Waals surface area (Å²) in [5.41, 5.74) is 7.28. The molecular formula is C48H36F4OS. The topological polar surface area (TPSA) is 20.2 Å². The largest absolute Gasteiger partial charge is 0.507 e. The van der Waals surface area contributed by atoms with Crippen molar-refractivity contribution < 1.29 is 22.7 Å². The molecule has 0 saturated heterocycles. The van der Waals surface area contributed by atoms with Crippen LogP contribution in [-0.2, 0) is 6.42 Å². The average molecular weight is 737 g/mol. The third-order valence-electron chi connectivity index (χ3n) is 10.3. The molecule has 54 heavy (non-hydrogen) atoms. The van der Waals surface area contributed by atoms with E-state index in [-0.39, 0.29) is 39.5 Å². The molecule has 1 saturated carbocycles. The monoisotopic (exact) mass is 736 g/mol. The van der Waals surface area contributed by atoms with E-state index >= 15 is 17.6 Å². The normalized spacial score (nSPS) is 12.6. The number of hydrogen-bond donors (Lipinski definition) is 2. The van der Waals surface area contributed by atoms with Crippen LogP contribution in [-0.4, -0.2) is 5.11 Å². The number of aromatic hydroxyl groups is 1. The second-order valence-corrected chi connectivity index (χ2v) is 14.4. The molecule has 0 aliphatic heterocycles. The van der Waals surface area contributed by atoms with Crippen LogP contribution in [0.4, 0.5) is 17.6 Å². The summed E-state index contributed by atoms with van der Waals surface area (Å²) < 4.78 is 63.5. The van der Waals surface area contributed by atoms with E-state index in [1.165, 1.54) is 24.3 Å². The molecule has 0 atom stereocenters. The third kappa shape index (κ3) is 6.83. The van der Waals surface area contributed by atoms with Gasteiger partial charge < -0.3 is 5.11 Å². The predicted molar refractivity (Wildman–Crippen MR) is 214 cm³/mol. The van der Waals surface area contributed by atoms with Crippen molar-refractivity contribution in [1.82, 2.24) is 0 Å². The zero-order valence-corrected chi connectivity index (χ0v) is 30.4. The first-order valence-corrected chi connectivity index (χ1v) is 18.6. The van der Waals surface area contributed by atoms with Gasteiger partial charge in [0.25, 0.3) is 0 Å². The number of thiol groups is 1. The molecule has 1 nitrogen and oxygen atoms in total. The summed E-state index contributed by atoms with van der Waals surface area (Å²) in [5, 5.41) is 11.4. The van der Waals surface area contributed by atoms with Gasteiger partial charge in [0.2, 0.25) is 0 Å². The second kappa shape index (κ2) is 14.7. The van der Waals surface area contributed by atoms with Gasteiger partial charge in [-0.1, -0.05) is 86.1 Å². The van der Waals surface area contributed by atoms with Gasteiger partial charge in [-0.15, -0.1) is 12.6 Å². The number of rotatable bonds is 9. The first-order valence-electron chi connectivity index (χ1n) is 18.1. The fourth-order valence-corrected chi connectivity index (χ4v) is 7.70. The number of hydrogen-bond acceptors (Lipinski definition) is 2. The summed E-state index contributed by atoms with van der Waals surface area (Å²) in [7, 11) is 0. The summed E-state index contributed by atoms with van der Waals surface area (Å²) in [5.74, 6) is -2.18. The van der Waals surface area contributed by atoms with Gasteiger partial charge >= 0.3 is 0 Å². The molecule has 0 radical (unpaired) electrons. The molecule has 0 unspecified atom stereocenters. The van der Waals surface area contributed by atoms with E-state index in [4.69, 9.17) is 12.6 Å². The minimum Gasteiger partial charge on any atom is -0.507 e. The van der Waals surface area contributed by atoms with Crippen molar-refractivity contribution in [2.24, 2.45) is 0 Å². The van der Waals surface area contributed by atoms with Crippen molar-refractivity contribution in [3.8, 4) is 72.5 Å². The fourth-order valence-electron chi connectivity index (χ4n) is 7.40. The highest BCUT2D eigenvalue weighted by Crippen LogP contribution is 2.50. The average Bonchev–Trinajstić information content (AvgIpc) is 4.03. The van der Waals surface area contributed by atoms with Crippen LogP contribution in [0.2, 0.25) is 0 Å². The Morgan fingerprint density at radius 2 is 1.00 bits per heavy atom. The lowest BCUT2D eigenvalue weighted by molar-refractivity contribution is 0.476. The van der Waals surface area contributed by atoms with Crippen molar-refractivity contribution in [2.75, 3.05) is 0 Å². The van der Waals surface area contributed by atoms with E-state index in [1.54, 1.807) is 48.5 Å². The Balaban J connectivity index is 1.30. The van der Waals surface area contributed by atoms with Gasteiger partial charge in [0, 0.05) is 32.7 Å². The molecule has 1 aliphatic rings. The second-order valence-electron chi connectivity index (χ2n) is 13.9. The molecular weight excluding hydrogens is 701 g/mol. The van der Waals surface area contributed by atoms with E-state index in [0.29, 0.717) is 40.0 Å². The standard InChI is InChI=1S/C48H36F4OS/c1-2-9-33-22-45(51)40(37-20-31(16-18-43(37)49)28-10-5-3-6-11-28)23-34(33)42-25-39(46(52)27-48(42)54)36-24-41(47(53)26-35(36)30-14-15-30)38-21-32(17-19-44(38)50)29-12-7-4-8-13-29/h3-8,10-13,16-27,30,53-54H,2,9,14-15H2,1H3. The Bertz CT molecular complexity index is 2530. The molecule has 6 heteroatoms. The molecule has 1 aliphatic carbocycles. The molecule has 1 fully saturated rings. The van der Waals surface area contributed by atoms with Gasteiger partial charge in [-0.05, 0) is 136 Å². The van der Waals surface area contributed by atoms with Crippen LogP contribution in [0.15, 0.2) is 138 Å². The summed E-state index contributed by atoms with van der Waals surface area (Å²) in [6, 6.07) is 37.9. The van der Waals surface area contributed by atoms with Gasteiger partial charge in [0.1, 0.15) is 29.0 Å². The summed E-state index contributed by atoms with van der Waals surface area (Å²) >= 11 is 4.72. The molecule has 0 amide bonds. The van der Waals surface area contributed by atoms with Gasteiger partial charge in [0.15, 0.2) is 0 Å². The predicted octanol–water partition coefficient (Wildman–Crippen LogP) is 14.1. The number of phenols is 1. The van der Waals surface area contributed by atoms with Crippen molar-refractivity contribution in [3.05, 3.63) is 168 Å². The van der Waals surface area contributed by atoms with E-state index in [2.05, 4.69) is 0 Å². The SMILES string of the molecule is CCCc1cc(F)c(-c2cc(-c3ccccc3)ccc2F)cc1-c1cc(-c2cc(-c3cc(-c4ccccc4)ccc3F)c(O)cc2C2CC2)c(F)cc1S. The zero-order valence-electron chi connectivity index (χ0n) is 29.5. The lowest BCUT2D eigenvalue weighted by atomic mass is 9.87. The van der Waals surface area contributed by atoms with Crippen LogP contribution in [0.3, 0.4) is 0 Å². The Labute approximate surface area is 318 Å². The van der Waals surface area contributed by atoms with Gasteiger partial charge in [-0.3, -0.25) is 0 Å². The molecule has 0 aromatic heterocycles. The number of aryl methyl sites for hydroxylation is 1. The Hall–Kier alpha value is -5.59. The van der Waals surface area contributed by atoms with E-state index in [1.807, 2.05) is 67.6 Å². The minimum absolute atomic E-state index is 0.0816. The molecule has 7 aromatic rings. The molecule has 1 N–H and O–H groups in total. The highest BCUT2D eigenvalue weighted by molar-refractivity contribution is 7.80. The van der Waals surface area contributed by atoms with Crippen LogP contribution in [0, 0.1) is 23.3 Å². The van der Waals surface area contributed by atoms with Gasteiger partial charge in [0.05, 0.1) is 0 Å². The number of benzene rings is 7. The van der Waals surface area contributed by atoms with Crippen LogP contribution in [0.5, 0.6) is 5.75 Å². The maximum atomic E-state index is 16.3. The highest BCUT2D eigenvalue weighted by Gasteiger charge is 2.30. The Morgan fingerprint density at radius 3 is 1.57 bits per heavy atom. The van der Waals surface area contributed by atoms with Gasteiger partial charge in [-0.25, -0.2) is 17.6 Å². The molecule has 268 valence electrons. The summed E-state index contributed by atoms with van der Waals surface area (Å²) in [4.78, 5) is 0.332. The molecule has 0 heterocycles. The molecule has 7 aromatic carbocycles. The van der Waals surface area contributed by atoms with Crippen molar-refractivity contribution in [2.45, 2.75) is 43.4 Å². The van der Waals surface area contributed by atoms with Crippen molar-refractivity contribution >= 4 is 12.6 Å².